The van der Waals surface area contributed by atoms with Crippen LogP contribution in [0.5, 0.6) is 0 Å². The van der Waals surface area contributed by atoms with E-state index in [0.717, 1.165) is 0 Å². The highest BCUT2D eigenvalue weighted by molar-refractivity contribution is 7.89. The number of rotatable bonds is 5. The Morgan fingerprint density at radius 2 is 1.71 bits per heavy atom. The second-order valence-corrected chi connectivity index (χ2v) is 8.70. The Balaban J connectivity index is 1.64. The standard InChI is InChI=1S/C20H21FN2O4S/c1-14(24)16-3-2-4-19(13-16)28(26,27)23-11-9-15(10-12-23)20(25)22-18-7-5-17(21)6-8-18/h2-8,13,15H,9-12H2,1H3,(H,22,25). The van der Waals surface area contributed by atoms with Crippen molar-refractivity contribution in [2.45, 2.75) is 24.7 Å². The number of ketones is 1. The predicted octanol–water partition coefficient (Wildman–Crippen LogP) is 3.07. The molecule has 0 radical (unpaired) electrons. The van der Waals surface area contributed by atoms with Crippen molar-refractivity contribution in [3.8, 4) is 0 Å². The summed E-state index contributed by atoms with van der Waals surface area (Å²) in [5.41, 5.74) is 0.845. The summed E-state index contributed by atoms with van der Waals surface area (Å²) in [5.74, 6) is -1.11. The van der Waals surface area contributed by atoms with Crippen LogP contribution in [0.1, 0.15) is 30.1 Å². The van der Waals surface area contributed by atoms with E-state index in [0.29, 0.717) is 24.1 Å². The van der Waals surface area contributed by atoms with Gasteiger partial charge in [-0.2, -0.15) is 4.31 Å². The number of nitrogens with zero attached hydrogens (tertiary/aromatic N) is 1. The Morgan fingerprint density at radius 3 is 2.32 bits per heavy atom. The lowest BCUT2D eigenvalue weighted by molar-refractivity contribution is -0.120. The summed E-state index contributed by atoms with van der Waals surface area (Å²) < 4.78 is 40.0. The lowest BCUT2D eigenvalue weighted by Crippen LogP contribution is -2.41. The maximum absolute atomic E-state index is 12.9. The molecular weight excluding hydrogens is 383 g/mol. The first-order chi connectivity index (χ1) is 13.3. The molecule has 1 aliphatic rings. The molecule has 2 aromatic carbocycles. The molecule has 3 rings (SSSR count). The summed E-state index contributed by atoms with van der Waals surface area (Å²) >= 11 is 0. The Labute approximate surface area is 163 Å². The van der Waals surface area contributed by atoms with Gasteiger partial charge in [0.05, 0.1) is 4.90 Å². The molecular formula is C20H21FN2O4S. The van der Waals surface area contributed by atoms with Gasteiger partial charge in [-0.25, -0.2) is 12.8 Å². The summed E-state index contributed by atoms with van der Waals surface area (Å²) in [6, 6.07) is 11.5. The summed E-state index contributed by atoms with van der Waals surface area (Å²) in [5, 5.41) is 2.73. The lowest BCUT2D eigenvalue weighted by atomic mass is 9.97. The van der Waals surface area contributed by atoms with Crippen LogP contribution in [0.2, 0.25) is 0 Å². The largest absolute Gasteiger partial charge is 0.326 e. The minimum atomic E-state index is -3.72. The van der Waals surface area contributed by atoms with Crippen molar-refractivity contribution in [3.05, 3.63) is 59.9 Å². The molecule has 1 fully saturated rings. The van der Waals surface area contributed by atoms with Crippen molar-refractivity contribution >= 4 is 27.4 Å². The number of nitrogens with one attached hydrogen (secondary N) is 1. The number of sulfonamides is 1. The van der Waals surface area contributed by atoms with Crippen molar-refractivity contribution in [1.82, 2.24) is 4.31 Å². The molecule has 28 heavy (non-hydrogen) atoms. The molecule has 0 unspecified atom stereocenters. The Morgan fingerprint density at radius 1 is 1.07 bits per heavy atom. The van der Waals surface area contributed by atoms with Gasteiger partial charge in [-0.1, -0.05) is 12.1 Å². The van der Waals surface area contributed by atoms with Gasteiger partial charge in [0.25, 0.3) is 0 Å². The zero-order chi connectivity index (χ0) is 20.3. The summed E-state index contributed by atoms with van der Waals surface area (Å²) in [4.78, 5) is 24.0. The number of carbonyl (C=O) groups excluding carboxylic acids is 2. The molecule has 0 saturated carbocycles. The molecule has 1 aliphatic heterocycles. The average Bonchev–Trinajstić information content (AvgIpc) is 2.70. The van der Waals surface area contributed by atoms with Gasteiger partial charge in [-0.15, -0.1) is 0 Å². The van der Waals surface area contributed by atoms with Crippen LogP contribution >= 0.6 is 0 Å². The monoisotopic (exact) mass is 404 g/mol. The first-order valence-corrected chi connectivity index (χ1v) is 10.4. The zero-order valence-electron chi connectivity index (χ0n) is 15.4. The fourth-order valence-electron chi connectivity index (χ4n) is 3.16. The van der Waals surface area contributed by atoms with Crippen LogP contribution in [-0.4, -0.2) is 37.5 Å². The van der Waals surface area contributed by atoms with Gasteiger partial charge in [0.2, 0.25) is 15.9 Å². The highest BCUT2D eigenvalue weighted by Crippen LogP contribution is 2.25. The molecule has 0 bridgehead atoms. The third kappa shape index (κ3) is 4.45. The van der Waals surface area contributed by atoms with E-state index in [1.165, 1.54) is 47.6 Å². The number of halogens is 1. The minimum absolute atomic E-state index is 0.0782. The Bertz CT molecular complexity index is 982. The number of piperidine rings is 1. The minimum Gasteiger partial charge on any atom is -0.326 e. The maximum Gasteiger partial charge on any atom is 0.243 e. The van der Waals surface area contributed by atoms with Gasteiger partial charge in [0, 0.05) is 30.3 Å². The third-order valence-corrected chi connectivity index (χ3v) is 6.71. The van der Waals surface area contributed by atoms with E-state index < -0.39 is 10.0 Å². The highest BCUT2D eigenvalue weighted by Gasteiger charge is 2.32. The van der Waals surface area contributed by atoms with E-state index in [1.54, 1.807) is 12.1 Å². The van der Waals surface area contributed by atoms with Crippen LogP contribution in [0.4, 0.5) is 10.1 Å². The molecule has 0 spiro atoms. The molecule has 148 valence electrons. The fraction of sp³-hybridized carbons (Fsp3) is 0.300. The molecule has 2 aromatic rings. The second kappa shape index (κ2) is 8.20. The summed E-state index contributed by atoms with van der Waals surface area (Å²) in [6.45, 7) is 1.82. The van der Waals surface area contributed by atoms with Crippen molar-refractivity contribution < 1.29 is 22.4 Å². The normalized spacial score (nSPS) is 15.9. The number of hydrogen-bond acceptors (Lipinski definition) is 4. The molecule has 1 amide bonds. The molecule has 0 atom stereocenters. The number of anilines is 1. The average molecular weight is 404 g/mol. The smallest absolute Gasteiger partial charge is 0.243 e. The van der Waals surface area contributed by atoms with Crippen molar-refractivity contribution in [1.29, 1.82) is 0 Å². The molecule has 8 heteroatoms. The van der Waals surface area contributed by atoms with E-state index in [-0.39, 0.29) is 41.4 Å². The van der Waals surface area contributed by atoms with E-state index in [4.69, 9.17) is 0 Å². The zero-order valence-corrected chi connectivity index (χ0v) is 16.2. The van der Waals surface area contributed by atoms with Gasteiger partial charge in [0.1, 0.15) is 5.82 Å². The Hall–Kier alpha value is -2.58. The summed E-state index contributed by atoms with van der Waals surface area (Å²) in [6.07, 6.45) is 0.775. The second-order valence-electron chi connectivity index (χ2n) is 6.76. The van der Waals surface area contributed by atoms with Crippen LogP contribution < -0.4 is 5.32 Å². The van der Waals surface area contributed by atoms with Crippen molar-refractivity contribution in [2.24, 2.45) is 5.92 Å². The fourth-order valence-corrected chi connectivity index (χ4v) is 4.68. The van der Waals surface area contributed by atoms with E-state index in [1.807, 2.05) is 0 Å². The predicted molar refractivity (Wildman–Crippen MR) is 103 cm³/mol. The van der Waals surface area contributed by atoms with Crippen LogP contribution in [0, 0.1) is 11.7 Å². The molecule has 1 heterocycles. The molecule has 0 aliphatic carbocycles. The molecule has 6 nitrogen and oxygen atoms in total. The van der Waals surface area contributed by atoms with Gasteiger partial charge < -0.3 is 5.32 Å². The van der Waals surface area contributed by atoms with E-state index >= 15 is 0 Å². The van der Waals surface area contributed by atoms with Gasteiger partial charge in [-0.05, 0) is 56.2 Å². The van der Waals surface area contributed by atoms with Crippen LogP contribution in [-0.2, 0) is 14.8 Å². The first-order valence-electron chi connectivity index (χ1n) is 8.95. The lowest BCUT2D eigenvalue weighted by Gasteiger charge is -2.30. The van der Waals surface area contributed by atoms with Crippen LogP contribution in [0.25, 0.3) is 0 Å². The number of Topliss-reactive ketones (excluding diaryl/α,β-unsaturated/α-hetero) is 1. The SMILES string of the molecule is CC(=O)c1cccc(S(=O)(=O)N2CCC(C(=O)Nc3ccc(F)cc3)CC2)c1. The number of hydrogen-bond donors (Lipinski definition) is 1. The number of amides is 1. The quantitative estimate of drug-likeness (QED) is 0.777. The topological polar surface area (TPSA) is 83.6 Å². The van der Waals surface area contributed by atoms with Crippen LogP contribution in [0.15, 0.2) is 53.4 Å². The first kappa shape index (κ1) is 20.2. The van der Waals surface area contributed by atoms with E-state index in [2.05, 4.69) is 5.32 Å². The van der Waals surface area contributed by atoms with Crippen LogP contribution in [0.3, 0.4) is 0 Å². The van der Waals surface area contributed by atoms with Crippen molar-refractivity contribution in [2.75, 3.05) is 18.4 Å². The van der Waals surface area contributed by atoms with Gasteiger partial charge >= 0.3 is 0 Å². The molecule has 1 N–H and O–H groups in total. The summed E-state index contributed by atoms with van der Waals surface area (Å²) in [7, 11) is -3.72. The molecule has 1 saturated heterocycles. The number of carbonyl (C=O) groups is 2. The highest BCUT2D eigenvalue weighted by atomic mass is 32.2. The van der Waals surface area contributed by atoms with Crippen molar-refractivity contribution in [3.63, 3.8) is 0 Å². The molecule has 0 aromatic heterocycles. The van der Waals surface area contributed by atoms with E-state index in [9.17, 15) is 22.4 Å². The Kier molecular flexibility index (Phi) is 5.90. The van der Waals surface area contributed by atoms with Gasteiger partial charge in [-0.3, -0.25) is 9.59 Å². The maximum atomic E-state index is 12.9. The third-order valence-electron chi connectivity index (χ3n) is 4.81. The number of benzene rings is 2. The van der Waals surface area contributed by atoms with Gasteiger partial charge in [0.15, 0.2) is 5.78 Å².